The number of amides is 1. The molecule has 1 saturated carbocycles. The number of aromatic nitrogens is 3. The van der Waals surface area contributed by atoms with E-state index in [2.05, 4.69) is 59.6 Å². The number of aryl methyl sites for hydroxylation is 2. The molecule has 4 aromatic rings. The first-order chi connectivity index (χ1) is 18.4. The van der Waals surface area contributed by atoms with Crippen molar-refractivity contribution in [3.05, 3.63) is 59.5 Å². The lowest BCUT2D eigenvalue weighted by molar-refractivity contribution is -0.143. The van der Waals surface area contributed by atoms with Gasteiger partial charge in [0.15, 0.2) is 0 Å². The van der Waals surface area contributed by atoms with Crippen LogP contribution >= 0.6 is 0 Å². The largest absolute Gasteiger partial charge is 0.481 e. The van der Waals surface area contributed by atoms with Crippen LogP contribution in [0.25, 0.3) is 21.9 Å². The van der Waals surface area contributed by atoms with Crippen LogP contribution in [0.2, 0.25) is 0 Å². The van der Waals surface area contributed by atoms with Gasteiger partial charge in [0.1, 0.15) is 5.82 Å². The number of methoxy groups -OCH3 is 1. The summed E-state index contributed by atoms with van der Waals surface area (Å²) in [5, 5.41) is 10.7. The number of benzene rings is 2. The SMILES string of the molecule is COC(=O)N1c2ccc3c(nc(Cc4ccc5c(ccn5C)c4)n3[C@H]3CC[C@H](C(=O)O)CC3)c2CC[C@@H]1C. The van der Waals surface area contributed by atoms with Crippen LogP contribution in [-0.4, -0.2) is 44.4 Å². The van der Waals surface area contributed by atoms with Gasteiger partial charge in [-0.05, 0) is 86.7 Å². The highest BCUT2D eigenvalue weighted by molar-refractivity contribution is 5.95. The summed E-state index contributed by atoms with van der Waals surface area (Å²) >= 11 is 0. The topological polar surface area (TPSA) is 89.6 Å². The number of carbonyl (C=O) groups is 2. The van der Waals surface area contributed by atoms with E-state index in [-0.39, 0.29) is 24.1 Å². The maximum Gasteiger partial charge on any atom is 0.414 e. The first-order valence-electron chi connectivity index (χ1n) is 13.5. The number of rotatable bonds is 4. The van der Waals surface area contributed by atoms with Crippen molar-refractivity contribution < 1.29 is 19.4 Å². The third-order valence-electron chi connectivity index (χ3n) is 8.62. The minimum atomic E-state index is -0.693. The van der Waals surface area contributed by atoms with Gasteiger partial charge < -0.3 is 19.0 Å². The van der Waals surface area contributed by atoms with E-state index in [0.29, 0.717) is 19.3 Å². The smallest absolute Gasteiger partial charge is 0.414 e. The van der Waals surface area contributed by atoms with Crippen LogP contribution in [0.1, 0.15) is 62.0 Å². The van der Waals surface area contributed by atoms with E-state index in [1.54, 1.807) is 4.90 Å². The molecule has 38 heavy (non-hydrogen) atoms. The zero-order valence-corrected chi connectivity index (χ0v) is 22.2. The first kappa shape index (κ1) is 24.5. The van der Waals surface area contributed by atoms with E-state index >= 15 is 0 Å². The molecule has 1 amide bonds. The number of carboxylic acid groups (broad SMARTS) is 1. The number of imidazole rings is 1. The molecule has 3 heterocycles. The average Bonchev–Trinajstić information content (AvgIpc) is 3.47. The van der Waals surface area contributed by atoms with E-state index in [4.69, 9.17) is 9.72 Å². The molecule has 1 fully saturated rings. The van der Waals surface area contributed by atoms with Gasteiger partial charge in [0.2, 0.25) is 0 Å². The molecule has 1 aliphatic carbocycles. The van der Waals surface area contributed by atoms with Crippen molar-refractivity contribution >= 4 is 39.7 Å². The lowest BCUT2D eigenvalue weighted by atomic mass is 9.85. The summed E-state index contributed by atoms with van der Waals surface area (Å²) in [6.45, 7) is 2.05. The van der Waals surface area contributed by atoms with E-state index < -0.39 is 5.97 Å². The fourth-order valence-electron chi connectivity index (χ4n) is 6.56. The molecule has 1 atom stereocenters. The minimum absolute atomic E-state index is 0.0536. The highest BCUT2D eigenvalue weighted by Crippen LogP contribution is 2.40. The van der Waals surface area contributed by atoms with Crippen molar-refractivity contribution in [2.45, 2.75) is 64.0 Å². The van der Waals surface area contributed by atoms with Crippen molar-refractivity contribution in [1.82, 2.24) is 14.1 Å². The molecular weight excluding hydrogens is 480 g/mol. The number of hydrogen-bond donors (Lipinski definition) is 1. The standard InChI is InChI=1S/C30H34N4O4/c1-18-4-10-23-25(33(18)30(37)38-3)12-13-26-28(23)31-27(34(26)22-8-6-20(7-9-22)29(35)36)17-19-5-11-24-21(16-19)14-15-32(24)2/h5,11-16,18,20,22H,4,6-10,17H2,1-3H3,(H,35,36)/t18-,20-,22-/m0/s1. The molecular formula is C30H34N4O4. The molecule has 0 saturated heterocycles. The van der Waals surface area contributed by atoms with Crippen LogP contribution in [0.5, 0.6) is 0 Å². The molecule has 1 N–H and O–H groups in total. The Balaban J connectivity index is 1.46. The molecule has 2 aliphatic rings. The predicted octanol–water partition coefficient (Wildman–Crippen LogP) is 5.84. The zero-order chi connectivity index (χ0) is 26.6. The normalized spacial score (nSPS) is 21.6. The average molecular weight is 515 g/mol. The molecule has 2 aromatic carbocycles. The molecule has 1 aliphatic heterocycles. The third-order valence-corrected chi connectivity index (χ3v) is 8.62. The van der Waals surface area contributed by atoms with Gasteiger partial charge in [0, 0.05) is 42.8 Å². The van der Waals surface area contributed by atoms with Crippen LogP contribution in [0.4, 0.5) is 10.5 Å². The Morgan fingerprint density at radius 1 is 1.05 bits per heavy atom. The molecule has 0 unspecified atom stereocenters. The summed E-state index contributed by atoms with van der Waals surface area (Å²) in [5.41, 5.74) is 6.36. The van der Waals surface area contributed by atoms with E-state index in [1.807, 2.05) is 6.07 Å². The number of nitrogens with zero attached hydrogens (tertiary/aromatic N) is 4. The number of carboxylic acids is 1. The maximum atomic E-state index is 12.7. The Hall–Kier alpha value is -3.81. The molecule has 6 rings (SSSR count). The summed E-state index contributed by atoms with van der Waals surface area (Å²) in [6, 6.07) is 13.1. The van der Waals surface area contributed by atoms with Gasteiger partial charge in [0.05, 0.1) is 29.7 Å². The van der Waals surface area contributed by atoms with E-state index in [1.165, 1.54) is 23.6 Å². The summed E-state index contributed by atoms with van der Waals surface area (Å²) in [7, 11) is 3.47. The second kappa shape index (κ2) is 9.49. The Labute approximate surface area is 221 Å². The fourth-order valence-corrected chi connectivity index (χ4v) is 6.56. The molecule has 8 heteroatoms. The van der Waals surface area contributed by atoms with Gasteiger partial charge >= 0.3 is 12.1 Å². The van der Waals surface area contributed by atoms with Gasteiger partial charge in [0.25, 0.3) is 0 Å². The summed E-state index contributed by atoms with van der Waals surface area (Å²) in [4.78, 5) is 31.3. The number of carbonyl (C=O) groups excluding carboxylic acids is 1. The van der Waals surface area contributed by atoms with Crippen LogP contribution in [0.15, 0.2) is 42.6 Å². The highest BCUT2D eigenvalue weighted by Gasteiger charge is 2.33. The lowest BCUT2D eigenvalue weighted by Gasteiger charge is -2.34. The number of anilines is 1. The zero-order valence-electron chi connectivity index (χ0n) is 22.2. The molecule has 8 nitrogen and oxygen atoms in total. The Kier molecular flexibility index (Phi) is 6.13. The van der Waals surface area contributed by atoms with E-state index in [9.17, 15) is 14.7 Å². The first-order valence-corrected chi connectivity index (χ1v) is 13.5. The second-order valence-corrected chi connectivity index (χ2v) is 10.9. The van der Waals surface area contributed by atoms with Crippen molar-refractivity contribution in [2.24, 2.45) is 13.0 Å². The van der Waals surface area contributed by atoms with Gasteiger partial charge in [-0.2, -0.15) is 0 Å². The van der Waals surface area contributed by atoms with Gasteiger partial charge in [-0.3, -0.25) is 9.69 Å². The lowest BCUT2D eigenvalue weighted by Crippen LogP contribution is -2.42. The molecule has 0 bridgehead atoms. The minimum Gasteiger partial charge on any atom is -0.481 e. The molecule has 0 spiro atoms. The Morgan fingerprint density at radius 2 is 1.82 bits per heavy atom. The number of ether oxygens (including phenoxy) is 1. The van der Waals surface area contributed by atoms with Crippen LogP contribution in [0, 0.1) is 5.92 Å². The van der Waals surface area contributed by atoms with Gasteiger partial charge in [-0.15, -0.1) is 0 Å². The van der Waals surface area contributed by atoms with Crippen molar-refractivity contribution in [3.8, 4) is 0 Å². The molecule has 0 radical (unpaired) electrons. The fraction of sp³-hybridized carbons (Fsp3) is 0.433. The number of hydrogen-bond acceptors (Lipinski definition) is 4. The molecule has 2 aromatic heterocycles. The summed E-state index contributed by atoms with van der Waals surface area (Å²) in [6.07, 6.45) is 7.08. The summed E-state index contributed by atoms with van der Waals surface area (Å²) < 4.78 is 9.60. The predicted molar refractivity (Wildman–Crippen MR) is 147 cm³/mol. The Morgan fingerprint density at radius 3 is 2.55 bits per heavy atom. The van der Waals surface area contributed by atoms with Crippen LogP contribution in [-0.2, 0) is 29.4 Å². The number of fused-ring (bicyclic) bond motifs is 4. The second-order valence-electron chi connectivity index (χ2n) is 10.9. The maximum absolute atomic E-state index is 12.7. The van der Waals surface area contributed by atoms with Gasteiger partial charge in [-0.1, -0.05) is 6.07 Å². The van der Waals surface area contributed by atoms with Crippen molar-refractivity contribution in [3.63, 3.8) is 0 Å². The highest BCUT2D eigenvalue weighted by atomic mass is 16.5. The number of aliphatic carboxylic acids is 1. The van der Waals surface area contributed by atoms with Crippen LogP contribution < -0.4 is 4.90 Å². The van der Waals surface area contributed by atoms with Crippen molar-refractivity contribution in [1.29, 1.82) is 0 Å². The third kappa shape index (κ3) is 4.03. The summed E-state index contributed by atoms with van der Waals surface area (Å²) in [5.74, 6) is 0.0277. The quantitative estimate of drug-likeness (QED) is 0.369. The Bertz CT molecular complexity index is 1540. The monoisotopic (exact) mass is 514 g/mol. The van der Waals surface area contributed by atoms with Crippen LogP contribution in [0.3, 0.4) is 0 Å². The molecule has 198 valence electrons. The van der Waals surface area contributed by atoms with E-state index in [0.717, 1.165) is 53.8 Å². The van der Waals surface area contributed by atoms with Gasteiger partial charge in [-0.25, -0.2) is 9.78 Å². The van der Waals surface area contributed by atoms with Crippen molar-refractivity contribution in [2.75, 3.05) is 12.0 Å².